The summed E-state index contributed by atoms with van der Waals surface area (Å²) in [5.41, 5.74) is 1.64. The number of esters is 1. The summed E-state index contributed by atoms with van der Waals surface area (Å²) in [6, 6.07) is 12.2. The van der Waals surface area contributed by atoms with Crippen LogP contribution in [0.4, 0.5) is 5.69 Å². The fraction of sp³-hybridized carbons (Fsp3) is 0.160. The Kier molecular flexibility index (Phi) is 6.74. The highest BCUT2D eigenvalue weighted by atomic mass is 32.1. The van der Waals surface area contributed by atoms with Crippen molar-refractivity contribution in [1.29, 1.82) is 0 Å². The highest BCUT2D eigenvalue weighted by Crippen LogP contribution is 2.31. The summed E-state index contributed by atoms with van der Waals surface area (Å²) >= 11 is 1.18. The average molecular weight is 492 g/mol. The van der Waals surface area contributed by atoms with Crippen molar-refractivity contribution in [2.45, 2.75) is 13.0 Å². The van der Waals surface area contributed by atoms with Gasteiger partial charge in [0.25, 0.3) is 11.2 Å². The van der Waals surface area contributed by atoms with Gasteiger partial charge in [-0.1, -0.05) is 36.1 Å². The Morgan fingerprint density at radius 3 is 2.51 bits per heavy atom. The van der Waals surface area contributed by atoms with Crippen LogP contribution in [0.15, 0.2) is 82.2 Å². The Morgan fingerprint density at radius 1 is 1.23 bits per heavy atom. The molecule has 2 heterocycles. The molecule has 0 N–H and O–H groups in total. The van der Waals surface area contributed by atoms with Crippen LogP contribution >= 0.6 is 11.3 Å². The topological polar surface area (TPSA) is 113 Å². The SMILES string of the molecule is C=CCOC(=O)C1=C(C)N=c2s/c(=C/c3ccc([N+](=O)[O-])cc3)c(=O)n2[C@H]1c1ccc(OC)cc1. The fourth-order valence-corrected chi connectivity index (χ4v) is 4.79. The zero-order chi connectivity index (χ0) is 25.1. The van der Waals surface area contributed by atoms with Crippen molar-refractivity contribution in [1.82, 2.24) is 4.57 Å². The predicted molar refractivity (Wildman–Crippen MR) is 131 cm³/mol. The summed E-state index contributed by atoms with van der Waals surface area (Å²) in [6.45, 7) is 5.30. The molecule has 1 aliphatic heterocycles. The number of ether oxygens (including phenoxy) is 2. The van der Waals surface area contributed by atoms with E-state index in [1.54, 1.807) is 56.5 Å². The van der Waals surface area contributed by atoms with Gasteiger partial charge in [0.05, 0.1) is 33.9 Å². The molecule has 1 aromatic heterocycles. The molecule has 35 heavy (non-hydrogen) atoms. The van der Waals surface area contributed by atoms with E-state index in [9.17, 15) is 19.7 Å². The Labute approximate surface area is 203 Å². The largest absolute Gasteiger partial charge is 0.497 e. The van der Waals surface area contributed by atoms with Gasteiger partial charge in [-0.25, -0.2) is 9.79 Å². The molecule has 0 saturated heterocycles. The molecule has 0 aliphatic carbocycles. The van der Waals surface area contributed by atoms with Crippen molar-refractivity contribution in [3.8, 4) is 5.75 Å². The molecular weight excluding hydrogens is 470 g/mol. The number of thiazole rings is 1. The number of methoxy groups -OCH3 is 1. The van der Waals surface area contributed by atoms with Crippen molar-refractivity contribution in [3.05, 3.63) is 113 Å². The van der Waals surface area contributed by atoms with E-state index in [1.807, 2.05) is 0 Å². The van der Waals surface area contributed by atoms with Crippen LogP contribution in [0, 0.1) is 10.1 Å². The van der Waals surface area contributed by atoms with Gasteiger partial charge < -0.3 is 9.47 Å². The normalized spacial score (nSPS) is 15.3. The Morgan fingerprint density at radius 2 is 1.91 bits per heavy atom. The molecule has 0 spiro atoms. The lowest BCUT2D eigenvalue weighted by Gasteiger charge is -2.24. The second-order valence-corrected chi connectivity index (χ2v) is 8.60. The van der Waals surface area contributed by atoms with Crippen LogP contribution in [-0.4, -0.2) is 29.2 Å². The first-order chi connectivity index (χ1) is 16.8. The fourth-order valence-electron chi connectivity index (χ4n) is 3.74. The van der Waals surface area contributed by atoms with Crippen molar-refractivity contribution in [2.24, 2.45) is 4.99 Å². The first-order valence-electron chi connectivity index (χ1n) is 10.5. The van der Waals surface area contributed by atoms with Crippen LogP contribution in [0.1, 0.15) is 24.1 Å². The van der Waals surface area contributed by atoms with Crippen LogP contribution in [0.5, 0.6) is 5.75 Å². The van der Waals surface area contributed by atoms with Crippen LogP contribution in [-0.2, 0) is 9.53 Å². The molecular formula is C25H21N3O6S. The van der Waals surface area contributed by atoms with Gasteiger partial charge in [-0.3, -0.25) is 19.5 Å². The molecule has 2 aromatic carbocycles. The zero-order valence-electron chi connectivity index (χ0n) is 19.0. The molecule has 0 unspecified atom stereocenters. The van der Waals surface area contributed by atoms with E-state index in [4.69, 9.17) is 9.47 Å². The summed E-state index contributed by atoms with van der Waals surface area (Å²) in [6.07, 6.45) is 3.11. The number of hydrogen-bond donors (Lipinski definition) is 0. The number of rotatable bonds is 7. The highest BCUT2D eigenvalue weighted by molar-refractivity contribution is 7.07. The van der Waals surface area contributed by atoms with Gasteiger partial charge in [-0.05, 0) is 48.4 Å². The van der Waals surface area contributed by atoms with E-state index in [1.165, 1.54) is 34.1 Å². The van der Waals surface area contributed by atoms with Crippen molar-refractivity contribution in [2.75, 3.05) is 13.7 Å². The number of hydrogen-bond acceptors (Lipinski definition) is 8. The summed E-state index contributed by atoms with van der Waals surface area (Å²) in [5, 5.41) is 10.9. The number of nitro benzene ring substituents is 1. The van der Waals surface area contributed by atoms with Crippen LogP contribution in [0.2, 0.25) is 0 Å². The third-order valence-corrected chi connectivity index (χ3v) is 6.39. The molecule has 9 nitrogen and oxygen atoms in total. The number of aromatic nitrogens is 1. The maximum atomic E-state index is 13.5. The van der Waals surface area contributed by atoms with Crippen LogP contribution in [0.3, 0.4) is 0 Å². The van der Waals surface area contributed by atoms with Gasteiger partial charge in [0, 0.05) is 12.1 Å². The van der Waals surface area contributed by atoms with E-state index in [2.05, 4.69) is 11.6 Å². The molecule has 0 fully saturated rings. The Balaban J connectivity index is 1.88. The number of fused-ring (bicyclic) bond motifs is 1. The maximum Gasteiger partial charge on any atom is 0.338 e. The number of allylic oxidation sites excluding steroid dienone is 1. The highest BCUT2D eigenvalue weighted by Gasteiger charge is 2.33. The van der Waals surface area contributed by atoms with E-state index in [0.29, 0.717) is 31.9 Å². The summed E-state index contributed by atoms with van der Waals surface area (Å²) in [5.74, 6) is 0.0485. The molecule has 1 aliphatic rings. The van der Waals surface area contributed by atoms with Crippen molar-refractivity contribution < 1.29 is 19.2 Å². The quantitative estimate of drug-likeness (QED) is 0.217. The van der Waals surface area contributed by atoms with Gasteiger partial charge in [0.15, 0.2) is 4.80 Å². The van der Waals surface area contributed by atoms with Gasteiger partial charge in [0.2, 0.25) is 0 Å². The number of nitro groups is 1. The third-order valence-electron chi connectivity index (χ3n) is 5.41. The molecule has 1 atom stereocenters. The second kappa shape index (κ2) is 9.90. The Bertz CT molecular complexity index is 1520. The van der Waals surface area contributed by atoms with E-state index >= 15 is 0 Å². The number of benzene rings is 2. The number of nitrogens with zero attached hydrogens (tertiary/aromatic N) is 3. The molecule has 4 rings (SSSR count). The number of carbonyl (C=O) groups is 1. The standard InChI is InChI=1S/C25H21N3O6S/c1-4-13-34-24(30)21-15(2)26-25-27(22(21)17-7-11-19(33-3)12-8-17)23(29)20(35-25)14-16-5-9-18(10-6-16)28(31)32/h4-12,14,22H,1,13H2,2-3H3/b20-14+/t22-/m0/s1. The zero-order valence-corrected chi connectivity index (χ0v) is 19.8. The predicted octanol–water partition coefficient (Wildman–Crippen LogP) is 2.88. The Hall–Kier alpha value is -4.31. The molecule has 0 saturated carbocycles. The van der Waals surface area contributed by atoms with Crippen LogP contribution in [0.25, 0.3) is 6.08 Å². The van der Waals surface area contributed by atoms with Gasteiger partial charge in [0.1, 0.15) is 12.4 Å². The number of carbonyl (C=O) groups excluding carboxylic acids is 1. The van der Waals surface area contributed by atoms with E-state index in [0.717, 1.165) is 0 Å². The van der Waals surface area contributed by atoms with Gasteiger partial charge in [-0.2, -0.15) is 0 Å². The average Bonchev–Trinajstić information content (AvgIpc) is 3.16. The van der Waals surface area contributed by atoms with E-state index < -0.39 is 16.9 Å². The second-order valence-electron chi connectivity index (χ2n) is 7.59. The third kappa shape index (κ3) is 4.69. The minimum absolute atomic E-state index is 0.0233. The lowest BCUT2D eigenvalue weighted by molar-refractivity contribution is -0.384. The van der Waals surface area contributed by atoms with Gasteiger partial charge in [-0.15, -0.1) is 0 Å². The minimum atomic E-state index is -0.756. The maximum absolute atomic E-state index is 13.5. The summed E-state index contributed by atoms with van der Waals surface area (Å²) in [7, 11) is 1.55. The lowest BCUT2D eigenvalue weighted by Crippen LogP contribution is -2.39. The smallest absolute Gasteiger partial charge is 0.338 e. The van der Waals surface area contributed by atoms with E-state index in [-0.39, 0.29) is 23.4 Å². The molecule has 3 aromatic rings. The number of non-ortho nitro benzene ring substituents is 1. The lowest BCUT2D eigenvalue weighted by atomic mass is 9.96. The molecule has 10 heteroatoms. The molecule has 0 amide bonds. The monoisotopic (exact) mass is 491 g/mol. The molecule has 0 radical (unpaired) electrons. The van der Waals surface area contributed by atoms with Crippen molar-refractivity contribution >= 4 is 29.1 Å². The summed E-state index contributed by atoms with van der Waals surface area (Å²) < 4.78 is 12.4. The van der Waals surface area contributed by atoms with Crippen LogP contribution < -0.4 is 19.6 Å². The molecule has 178 valence electrons. The summed E-state index contributed by atoms with van der Waals surface area (Å²) in [4.78, 5) is 41.9. The minimum Gasteiger partial charge on any atom is -0.497 e. The van der Waals surface area contributed by atoms with Gasteiger partial charge >= 0.3 is 5.97 Å². The van der Waals surface area contributed by atoms with Crippen molar-refractivity contribution in [3.63, 3.8) is 0 Å². The first kappa shape index (κ1) is 23.8. The molecule has 0 bridgehead atoms. The first-order valence-corrected chi connectivity index (χ1v) is 11.3.